The number of methoxy groups -OCH3 is 1. The van der Waals surface area contributed by atoms with E-state index in [4.69, 9.17) is 4.74 Å². The van der Waals surface area contributed by atoms with Gasteiger partial charge in [0.05, 0.1) is 12.8 Å². The number of fused-ring (bicyclic) bond motifs is 2. The van der Waals surface area contributed by atoms with Crippen LogP contribution in [0.15, 0.2) is 42.5 Å². The fraction of sp³-hybridized carbons (Fsp3) is 0.261. The zero-order chi connectivity index (χ0) is 21.8. The normalized spacial score (nSPS) is 17.1. The Morgan fingerprint density at radius 2 is 1.84 bits per heavy atom. The van der Waals surface area contributed by atoms with Crippen LogP contribution >= 0.6 is 0 Å². The monoisotopic (exact) mass is 420 g/mol. The van der Waals surface area contributed by atoms with Crippen molar-refractivity contribution in [3.8, 4) is 5.75 Å². The largest absolute Gasteiger partial charge is 0.497 e. The second kappa shape index (κ2) is 8.51. The number of Topliss-reactive ketones (excluding diaryl/α,β-unsaturated/α-hetero) is 1. The summed E-state index contributed by atoms with van der Waals surface area (Å²) in [6.07, 6.45) is 2.20. The van der Waals surface area contributed by atoms with Crippen molar-refractivity contribution in [1.29, 1.82) is 0 Å². The van der Waals surface area contributed by atoms with Gasteiger partial charge in [-0.2, -0.15) is 0 Å². The van der Waals surface area contributed by atoms with Gasteiger partial charge in [-0.15, -0.1) is 0 Å². The molecule has 31 heavy (non-hydrogen) atoms. The SMILES string of the molecule is COc1ccc2c(c1)N[C@@](CCNC=O)(c1[nH]c3ccccc3c1CCNC=O)C2=O. The van der Waals surface area contributed by atoms with Gasteiger partial charge in [-0.1, -0.05) is 18.2 Å². The number of carbonyl (C=O) groups excluding carboxylic acids is 3. The molecule has 1 aliphatic rings. The summed E-state index contributed by atoms with van der Waals surface area (Å²) < 4.78 is 5.33. The molecule has 0 bridgehead atoms. The third-order valence-corrected chi connectivity index (χ3v) is 5.78. The number of carbonyl (C=O) groups is 3. The van der Waals surface area contributed by atoms with Crippen molar-refractivity contribution in [2.75, 3.05) is 25.5 Å². The molecule has 8 nitrogen and oxygen atoms in total. The van der Waals surface area contributed by atoms with Crippen molar-refractivity contribution in [3.05, 3.63) is 59.3 Å². The second-order valence-electron chi connectivity index (χ2n) is 7.44. The highest BCUT2D eigenvalue weighted by Crippen LogP contribution is 2.45. The Bertz CT molecular complexity index is 1140. The summed E-state index contributed by atoms with van der Waals surface area (Å²) in [5.41, 5.74) is 2.78. The van der Waals surface area contributed by atoms with E-state index in [1.54, 1.807) is 25.3 Å². The van der Waals surface area contributed by atoms with Gasteiger partial charge in [0.1, 0.15) is 11.3 Å². The molecule has 1 atom stereocenters. The van der Waals surface area contributed by atoms with Gasteiger partial charge in [0.15, 0.2) is 5.78 Å². The van der Waals surface area contributed by atoms with E-state index in [0.717, 1.165) is 22.2 Å². The minimum atomic E-state index is -1.08. The predicted molar refractivity (Wildman–Crippen MR) is 117 cm³/mol. The molecule has 3 aromatic rings. The van der Waals surface area contributed by atoms with Gasteiger partial charge < -0.3 is 25.7 Å². The Morgan fingerprint density at radius 3 is 2.61 bits per heavy atom. The molecule has 0 unspecified atom stereocenters. The van der Waals surface area contributed by atoms with Gasteiger partial charge in [-0.25, -0.2) is 0 Å². The molecule has 0 radical (unpaired) electrons. The van der Waals surface area contributed by atoms with Crippen LogP contribution in [-0.2, 0) is 21.5 Å². The van der Waals surface area contributed by atoms with Gasteiger partial charge >= 0.3 is 0 Å². The Balaban J connectivity index is 1.86. The number of benzene rings is 2. The van der Waals surface area contributed by atoms with Crippen molar-refractivity contribution in [2.24, 2.45) is 0 Å². The predicted octanol–water partition coefficient (Wildman–Crippen LogP) is 2.10. The number of ether oxygens (including phenoxy) is 1. The first-order valence-corrected chi connectivity index (χ1v) is 10.1. The third-order valence-electron chi connectivity index (χ3n) is 5.78. The summed E-state index contributed by atoms with van der Waals surface area (Å²) in [4.78, 5) is 38.9. The molecule has 0 spiro atoms. The van der Waals surface area contributed by atoms with Gasteiger partial charge in [0, 0.05) is 47.7 Å². The van der Waals surface area contributed by atoms with Crippen LogP contribution in [0.4, 0.5) is 5.69 Å². The van der Waals surface area contributed by atoms with Crippen LogP contribution in [-0.4, -0.2) is 43.8 Å². The summed E-state index contributed by atoms with van der Waals surface area (Å²) >= 11 is 0. The number of ketones is 1. The standard InChI is InChI=1S/C23H24N4O4/c1-31-15-6-7-18-20(12-15)27-23(22(18)30,9-11-25-14-29)21-17(8-10-24-13-28)16-4-2-3-5-19(16)26-21/h2-7,12-14,26-27H,8-11H2,1H3,(H,24,28)(H,25,29)/t23-/m0/s1. The molecule has 1 aromatic heterocycles. The average molecular weight is 420 g/mol. The summed E-state index contributed by atoms with van der Waals surface area (Å²) in [6, 6.07) is 13.2. The molecule has 2 heterocycles. The van der Waals surface area contributed by atoms with E-state index in [1.807, 2.05) is 24.3 Å². The lowest BCUT2D eigenvalue weighted by molar-refractivity contribution is -0.110. The minimum Gasteiger partial charge on any atom is -0.497 e. The molecule has 2 aromatic carbocycles. The summed E-state index contributed by atoms with van der Waals surface area (Å²) in [7, 11) is 1.58. The zero-order valence-corrected chi connectivity index (χ0v) is 17.2. The molecule has 8 heteroatoms. The molecule has 0 fully saturated rings. The molecule has 0 aliphatic carbocycles. The highest BCUT2D eigenvalue weighted by molar-refractivity contribution is 6.14. The first-order chi connectivity index (χ1) is 15.1. The number of rotatable bonds is 10. The highest BCUT2D eigenvalue weighted by Gasteiger charge is 2.48. The van der Waals surface area contributed by atoms with Crippen LogP contribution in [0.25, 0.3) is 10.9 Å². The number of H-pyrrole nitrogens is 1. The smallest absolute Gasteiger partial charge is 0.207 e. The molecule has 0 saturated carbocycles. The van der Waals surface area contributed by atoms with E-state index in [2.05, 4.69) is 20.9 Å². The van der Waals surface area contributed by atoms with Crippen molar-refractivity contribution in [2.45, 2.75) is 18.4 Å². The van der Waals surface area contributed by atoms with E-state index in [9.17, 15) is 14.4 Å². The quantitative estimate of drug-likeness (QED) is 0.296. The fourth-order valence-electron chi connectivity index (χ4n) is 4.34. The molecule has 0 saturated heterocycles. The number of para-hydroxylation sites is 1. The van der Waals surface area contributed by atoms with Crippen LogP contribution in [0, 0.1) is 0 Å². The van der Waals surface area contributed by atoms with Gasteiger partial charge in [0.2, 0.25) is 12.8 Å². The maximum absolute atomic E-state index is 13.8. The maximum Gasteiger partial charge on any atom is 0.207 e. The summed E-state index contributed by atoms with van der Waals surface area (Å²) in [6.45, 7) is 0.755. The lowest BCUT2D eigenvalue weighted by Crippen LogP contribution is -2.42. The van der Waals surface area contributed by atoms with Crippen LogP contribution in [0.3, 0.4) is 0 Å². The Kier molecular flexibility index (Phi) is 5.62. The van der Waals surface area contributed by atoms with E-state index in [-0.39, 0.29) is 5.78 Å². The zero-order valence-electron chi connectivity index (χ0n) is 17.2. The molecule has 160 valence electrons. The van der Waals surface area contributed by atoms with Crippen molar-refractivity contribution >= 4 is 35.2 Å². The van der Waals surface area contributed by atoms with E-state index < -0.39 is 5.54 Å². The number of amides is 2. The molecular weight excluding hydrogens is 396 g/mol. The second-order valence-corrected chi connectivity index (χ2v) is 7.44. The Hall–Kier alpha value is -3.81. The number of hydrogen-bond acceptors (Lipinski definition) is 5. The summed E-state index contributed by atoms with van der Waals surface area (Å²) in [5, 5.41) is 9.81. The Labute approximate surface area is 179 Å². The molecule has 1 aliphatic heterocycles. The van der Waals surface area contributed by atoms with E-state index in [1.165, 1.54) is 0 Å². The fourth-order valence-corrected chi connectivity index (χ4v) is 4.34. The van der Waals surface area contributed by atoms with E-state index in [0.29, 0.717) is 55.8 Å². The van der Waals surface area contributed by atoms with Gasteiger partial charge in [0.25, 0.3) is 0 Å². The Morgan fingerprint density at radius 1 is 1.06 bits per heavy atom. The minimum absolute atomic E-state index is 0.0750. The number of hydrogen-bond donors (Lipinski definition) is 4. The first-order valence-electron chi connectivity index (χ1n) is 10.1. The number of anilines is 1. The van der Waals surface area contributed by atoms with Gasteiger partial charge in [-0.05, 0) is 30.2 Å². The van der Waals surface area contributed by atoms with Crippen LogP contribution in [0.5, 0.6) is 5.75 Å². The molecular formula is C23H24N4O4. The third kappa shape index (κ3) is 3.50. The number of nitrogens with one attached hydrogen (secondary N) is 4. The van der Waals surface area contributed by atoms with E-state index >= 15 is 0 Å². The molecule has 4 rings (SSSR count). The highest BCUT2D eigenvalue weighted by atomic mass is 16.5. The van der Waals surface area contributed by atoms with Crippen LogP contribution < -0.4 is 20.7 Å². The topological polar surface area (TPSA) is 112 Å². The van der Waals surface area contributed by atoms with Crippen molar-refractivity contribution in [1.82, 2.24) is 15.6 Å². The van der Waals surface area contributed by atoms with Crippen molar-refractivity contribution < 1.29 is 19.1 Å². The average Bonchev–Trinajstić information content (AvgIpc) is 3.30. The van der Waals surface area contributed by atoms with Gasteiger partial charge in [-0.3, -0.25) is 14.4 Å². The molecule has 4 N–H and O–H groups in total. The molecule has 2 amide bonds. The lowest BCUT2D eigenvalue weighted by Gasteiger charge is -2.29. The number of aromatic amines is 1. The summed E-state index contributed by atoms with van der Waals surface area (Å²) in [5.74, 6) is 0.571. The lowest BCUT2D eigenvalue weighted by atomic mass is 9.83. The number of aromatic nitrogens is 1. The maximum atomic E-state index is 13.8. The first kappa shape index (κ1) is 20.5. The van der Waals surface area contributed by atoms with Crippen molar-refractivity contribution in [3.63, 3.8) is 0 Å². The van der Waals surface area contributed by atoms with Crippen LogP contribution in [0.2, 0.25) is 0 Å². The van der Waals surface area contributed by atoms with Crippen LogP contribution in [0.1, 0.15) is 28.0 Å².